The average Bonchev–Trinajstić information content (AvgIpc) is 2.92. The molecule has 1 heterocycles. The van der Waals surface area contributed by atoms with E-state index in [1.54, 1.807) is 11.3 Å². The predicted molar refractivity (Wildman–Crippen MR) is 81.9 cm³/mol. The lowest BCUT2D eigenvalue weighted by molar-refractivity contribution is -0.136. The zero-order valence-electron chi connectivity index (χ0n) is 11.6. The van der Waals surface area contributed by atoms with Crippen LogP contribution in [-0.4, -0.2) is 22.5 Å². The summed E-state index contributed by atoms with van der Waals surface area (Å²) >= 11 is 1.78. The third-order valence-corrected chi connectivity index (χ3v) is 4.05. The minimum absolute atomic E-state index is 0.0902. The summed E-state index contributed by atoms with van der Waals surface area (Å²) in [5.41, 5.74) is 2.07. The first-order chi connectivity index (χ1) is 9.67. The van der Waals surface area contributed by atoms with Crippen LogP contribution < -0.4 is 0 Å². The summed E-state index contributed by atoms with van der Waals surface area (Å²) in [4.78, 5) is 14.4. The van der Waals surface area contributed by atoms with Crippen molar-refractivity contribution in [1.29, 1.82) is 0 Å². The van der Waals surface area contributed by atoms with Gasteiger partial charge < -0.3 is 5.11 Å². The number of carboxylic acid groups (broad SMARTS) is 1. The lowest BCUT2D eigenvalue weighted by Gasteiger charge is -2.19. The molecular formula is C16H19NO2S. The quantitative estimate of drug-likeness (QED) is 0.849. The molecule has 2 rings (SSSR count). The molecule has 0 saturated carbocycles. The maximum atomic E-state index is 10.6. The van der Waals surface area contributed by atoms with Crippen LogP contribution in [0, 0.1) is 0 Å². The highest BCUT2D eigenvalue weighted by Gasteiger charge is 2.06. The minimum Gasteiger partial charge on any atom is -0.481 e. The minimum atomic E-state index is -0.786. The molecule has 0 aliphatic heterocycles. The van der Waals surface area contributed by atoms with E-state index < -0.39 is 5.97 Å². The maximum Gasteiger partial charge on any atom is 0.307 e. The van der Waals surface area contributed by atoms with Crippen molar-refractivity contribution in [3.8, 4) is 0 Å². The second kappa shape index (κ2) is 7.22. The van der Waals surface area contributed by atoms with Crippen LogP contribution in [0.4, 0.5) is 0 Å². The van der Waals surface area contributed by atoms with Crippen LogP contribution >= 0.6 is 11.3 Å². The number of benzene rings is 1. The van der Waals surface area contributed by atoms with Gasteiger partial charge in [0, 0.05) is 18.0 Å². The van der Waals surface area contributed by atoms with Crippen LogP contribution in [-0.2, 0) is 24.3 Å². The number of aliphatic carboxylic acids is 1. The zero-order valence-corrected chi connectivity index (χ0v) is 12.4. The Morgan fingerprint density at radius 3 is 2.40 bits per heavy atom. The van der Waals surface area contributed by atoms with E-state index in [0.717, 1.165) is 25.2 Å². The molecule has 1 aromatic carbocycles. The van der Waals surface area contributed by atoms with E-state index in [1.165, 1.54) is 10.4 Å². The molecule has 0 amide bonds. The third kappa shape index (κ3) is 4.47. The Balaban J connectivity index is 1.95. The molecule has 0 bridgehead atoms. The Hall–Kier alpha value is -1.65. The number of hydrogen-bond acceptors (Lipinski definition) is 3. The molecular weight excluding hydrogens is 270 g/mol. The number of thiophene rings is 1. The van der Waals surface area contributed by atoms with Gasteiger partial charge in [0.2, 0.25) is 0 Å². The van der Waals surface area contributed by atoms with Crippen molar-refractivity contribution < 1.29 is 9.90 Å². The number of rotatable bonds is 7. The zero-order chi connectivity index (χ0) is 14.4. The van der Waals surface area contributed by atoms with Crippen molar-refractivity contribution >= 4 is 17.3 Å². The first kappa shape index (κ1) is 14.8. The number of carbonyl (C=O) groups is 1. The first-order valence-corrected chi connectivity index (χ1v) is 7.59. The molecule has 1 N–H and O–H groups in total. The van der Waals surface area contributed by atoms with Gasteiger partial charge in [-0.1, -0.05) is 37.3 Å². The number of hydrogen-bond donors (Lipinski definition) is 1. The second-order valence-electron chi connectivity index (χ2n) is 4.77. The maximum absolute atomic E-state index is 10.6. The van der Waals surface area contributed by atoms with E-state index in [4.69, 9.17) is 5.11 Å². The van der Waals surface area contributed by atoms with E-state index in [2.05, 4.69) is 29.3 Å². The molecule has 0 atom stereocenters. The summed E-state index contributed by atoms with van der Waals surface area (Å²) in [5.74, 6) is -0.786. The van der Waals surface area contributed by atoms with Crippen molar-refractivity contribution in [2.45, 2.75) is 26.4 Å². The number of carboxylic acids is 1. The Labute approximate surface area is 123 Å². The molecule has 0 fully saturated rings. The molecule has 0 aliphatic rings. The van der Waals surface area contributed by atoms with Crippen LogP contribution in [0.1, 0.15) is 22.9 Å². The van der Waals surface area contributed by atoms with Crippen molar-refractivity contribution in [1.82, 2.24) is 4.90 Å². The molecule has 0 spiro atoms. The van der Waals surface area contributed by atoms with Gasteiger partial charge in [0.05, 0.1) is 6.42 Å². The largest absolute Gasteiger partial charge is 0.481 e. The summed E-state index contributed by atoms with van der Waals surface area (Å²) in [6.07, 6.45) is 0.0902. The van der Waals surface area contributed by atoms with Crippen molar-refractivity contribution in [3.63, 3.8) is 0 Å². The predicted octanol–water partition coefficient (Wildman–Crippen LogP) is 3.40. The van der Waals surface area contributed by atoms with E-state index >= 15 is 0 Å². The molecule has 4 heteroatoms. The van der Waals surface area contributed by atoms with Gasteiger partial charge in [-0.25, -0.2) is 0 Å². The molecule has 3 nitrogen and oxygen atoms in total. The number of nitrogens with zero attached hydrogens (tertiary/aromatic N) is 1. The van der Waals surface area contributed by atoms with E-state index in [1.807, 2.05) is 24.3 Å². The van der Waals surface area contributed by atoms with Gasteiger partial charge in [0.1, 0.15) is 0 Å². The highest BCUT2D eigenvalue weighted by molar-refractivity contribution is 7.09. The lowest BCUT2D eigenvalue weighted by Crippen LogP contribution is -2.21. The summed E-state index contributed by atoms with van der Waals surface area (Å²) in [6.45, 7) is 5.01. The topological polar surface area (TPSA) is 40.5 Å². The summed E-state index contributed by atoms with van der Waals surface area (Å²) in [5, 5.41) is 10.9. The van der Waals surface area contributed by atoms with E-state index in [9.17, 15) is 4.79 Å². The van der Waals surface area contributed by atoms with Crippen molar-refractivity contribution in [2.24, 2.45) is 0 Å². The summed E-state index contributed by atoms with van der Waals surface area (Å²) in [7, 11) is 0. The Morgan fingerprint density at radius 2 is 1.85 bits per heavy atom. The molecule has 2 aromatic rings. The van der Waals surface area contributed by atoms with Crippen molar-refractivity contribution in [2.75, 3.05) is 6.54 Å². The van der Waals surface area contributed by atoms with Gasteiger partial charge in [0.25, 0.3) is 0 Å². The van der Waals surface area contributed by atoms with Crippen LogP contribution in [0.2, 0.25) is 0 Å². The van der Waals surface area contributed by atoms with Crippen LogP contribution in [0.5, 0.6) is 0 Å². The molecule has 0 saturated heterocycles. The van der Waals surface area contributed by atoms with Gasteiger partial charge in [-0.3, -0.25) is 9.69 Å². The first-order valence-electron chi connectivity index (χ1n) is 6.71. The van der Waals surface area contributed by atoms with Crippen LogP contribution in [0.3, 0.4) is 0 Å². The van der Waals surface area contributed by atoms with Crippen molar-refractivity contribution in [3.05, 3.63) is 57.8 Å². The summed E-state index contributed by atoms with van der Waals surface area (Å²) < 4.78 is 0. The molecule has 0 radical (unpaired) electrons. The normalized spacial score (nSPS) is 10.9. The Morgan fingerprint density at radius 1 is 1.15 bits per heavy atom. The molecule has 106 valence electrons. The molecule has 20 heavy (non-hydrogen) atoms. The standard InChI is InChI=1S/C16H19NO2S/c1-2-17(12-15-4-3-9-20-15)11-14-7-5-13(6-8-14)10-16(18)19/h3-9H,2,10-12H2,1H3,(H,18,19). The van der Waals surface area contributed by atoms with Crippen LogP contribution in [0.15, 0.2) is 41.8 Å². The lowest BCUT2D eigenvalue weighted by atomic mass is 10.1. The Kier molecular flexibility index (Phi) is 5.32. The van der Waals surface area contributed by atoms with E-state index in [-0.39, 0.29) is 6.42 Å². The fraction of sp³-hybridized carbons (Fsp3) is 0.312. The fourth-order valence-corrected chi connectivity index (χ4v) is 2.84. The van der Waals surface area contributed by atoms with E-state index in [0.29, 0.717) is 0 Å². The average molecular weight is 289 g/mol. The van der Waals surface area contributed by atoms with Gasteiger partial charge in [-0.15, -0.1) is 11.3 Å². The molecule has 1 aromatic heterocycles. The van der Waals surface area contributed by atoms with Gasteiger partial charge in [0.15, 0.2) is 0 Å². The highest BCUT2D eigenvalue weighted by Crippen LogP contribution is 2.14. The highest BCUT2D eigenvalue weighted by atomic mass is 32.1. The fourth-order valence-electron chi connectivity index (χ4n) is 2.10. The van der Waals surface area contributed by atoms with Gasteiger partial charge in [-0.2, -0.15) is 0 Å². The molecule has 0 aliphatic carbocycles. The third-order valence-electron chi connectivity index (χ3n) is 3.19. The van der Waals surface area contributed by atoms with Gasteiger partial charge >= 0.3 is 5.97 Å². The molecule has 0 unspecified atom stereocenters. The Bertz CT molecular complexity index is 534. The second-order valence-corrected chi connectivity index (χ2v) is 5.80. The van der Waals surface area contributed by atoms with Crippen LogP contribution in [0.25, 0.3) is 0 Å². The van der Waals surface area contributed by atoms with Gasteiger partial charge in [-0.05, 0) is 29.1 Å². The summed E-state index contributed by atoms with van der Waals surface area (Å²) in [6, 6.07) is 12.1. The monoisotopic (exact) mass is 289 g/mol. The smallest absolute Gasteiger partial charge is 0.307 e. The SMILES string of the molecule is CCN(Cc1ccc(CC(=O)O)cc1)Cc1cccs1.